The zero-order chi connectivity index (χ0) is 24.5. The lowest BCUT2D eigenvalue weighted by Gasteiger charge is -2.13. The van der Waals surface area contributed by atoms with Gasteiger partial charge < -0.3 is 4.98 Å². The minimum absolute atomic E-state index is 0.0640. The van der Waals surface area contributed by atoms with Crippen LogP contribution in [0, 0.1) is 0 Å². The van der Waals surface area contributed by atoms with Crippen molar-refractivity contribution in [3.63, 3.8) is 0 Å². The number of hydrazone groups is 1. The third-order valence-corrected chi connectivity index (χ3v) is 8.44. The Balaban J connectivity index is 1.26. The van der Waals surface area contributed by atoms with Gasteiger partial charge in [0, 0.05) is 27.5 Å². The van der Waals surface area contributed by atoms with Crippen LogP contribution in [0.3, 0.4) is 0 Å². The number of benzene rings is 2. The van der Waals surface area contributed by atoms with Crippen molar-refractivity contribution in [2.45, 2.75) is 30.8 Å². The van der Waals surface area contributed by atoms with Crippen molar-refractivity contribution >= 4 is 56.3 Å². The highest BCUT2D eigenvalue weighted by Crippen LogP contribution is 2.35. The van der Waals surface area contributed by atoms with Gasteiger partial charge in [0.2, 0.25) is 0 Å². The number of nitrogens with one attached hydrogen (secondary N) is 2. The first-order valence-corrected chi connectivity index (χ1v) is 13.6. The van der Waals surface area contributed by atoms with E-state index in [0.717, 1.165) is 63.6 Å². The van der Waals surface area contributed by atoms with E-state index in [1.54, 1.807) is 22.1 Å². The van der Waals surface area contributed by atoms with Crippen molar-refractivity contribution in [1.82, 2.24) is 20.0 Å². The molecule has 6 rings (SSSR count). The second kappa shape index (κ2) is 9.75. The van der Waals surface area contributed by atoms with E-state index in [-0.39, 0.29) is 17.2 Å². The molecule has 1 aliphatic carbocycles. The van der Waals surface area contributed by atoms with Crippen molar-refractivity contribution < 1.29 is 4.79 Å². The monoisotopic (exact) mass is 513 g/mol. The van der Waals surface area contributed by atoms with Crippen LogP contribution in [0.4, 0.5) is 0 Å². The first-order valence-electron chi connectivity index (χ1n) is 11.8. The number of para-hydroxylation sites is 2. The average molecular weight is 514 g/mol. The minimum Gasteiger partial charge on any atom is -0.361 e. The number of thiophene rings is 1. The van der Waals surface area contributed by atoms with Gasteiger partial charge in [-0.2, -0.15) is 5.10 Å². The summed E-state index contributed by atoms with van der Waals surface area (Å²) < 4.78 is 1.64. The van der Waals surface area contributed by atoms with E-state index in [1.165, 1.54) is 16.6 Å². The van der Waals surface area contributed by atoms with Crippen molar-refractivity contribution in [2.75, 3.05) is 5.75 Å². The number of thioether (sulfide) groups is 1. The summed E-state index contributed by atoms with van der Waals surface area (Å²) in [5.41, 5.74) is 6.33. The molecule has 0 radical (unpaired) electrons. The highest BCUT2D eigenvalue weighted by atomic mass is 32.2. The number of aromatic nitrogens is 3. The molecule has 0 aliphatic heterocycles. The molecular formula is C27H23N5O2S2. The zero-order valence-electron chi connectivity index (χ0n) is 19.4. The number of carbonyl (C=O) groups excluding carboxylic acids is 1. The molecule has 180 valence electrons. The molecule has 0 saturated carbocycles. The molecule has 2 N–H and O–H groups in total. The van der Waals surface area contributed by atoms with Crippen LogP contribution >= 0.6 is 23.1 Å². The van der Waals surface area contributed by atoms with Gasteiger partial charge >= 0.3 is 0 Å². The Hall–Kier alpha value is -3.69. The van der Waals surface area contributed by atoms with Crippen LogP contribution in [-0.2, 0) is 17.6 Å². The molecule has 3 heterocycles. The molecule has 7 nitrogen and oxygen atoms in total. The average Bonchev–Trinajstić information content (AvgIpc) is 3.49. The lowest BCUT2D eigenvalue weighted by Crippen LogP contribution is -2.24. The van der Waals surface area contributed by atoms with E-state index in [4.69, 9.17) is 4.98 Å². The third kappa shape index (κ3) is 4.25. The van der Waals surface area contributed by atoms with Gasteiger partial charge in [0.15, 0.2) is 5.16 Å². The number of aryl methyl sites for hydroxylation is 2. The Morgan fingerprint density at radius 3 is 2.83 bits per heavy atom. The first kappa shape index (κ1) is 22.8. The largest absolute Gasteiger partial charge is 0.361 e. The summed E-state index contributed by atoms with van der Waals surface area (Å²) >= 11 is 2.86. The lowest BCUT2D eigenvalue weighted by atomic mass is 9.97. The van der Waals surface area contributed by atoms with Crippen LogP contribution in [-0.4, -0.2) is 32.4 Å². The highest BCUT2D eigenvalue weighted by molar-refractivity contribution is 7.99. The van der Waals surface area contributed by atoms with E-state index in [0.29, 0.717) is 5.16 Å². The van der Waals surface area contributed by atoms with Crippen LogP contribution in [0.1, 0.15) is 28.8 Å². The maximum absolute atomic E-state index is 13.7. The number of H-pyrrole nitrogens is 1. The summed E-state index contributed by atoms with van der Waals surface area (Å²) in [7, 11) is 0. The minimum atomic E-state index is -0.268. The Labute approximate surface area is 215 Å². The SMILES string of the molecule is O=C(CSc1nc2sc3c(c2c(=O)n1-c1ccccc1)CCCC3)NN=Cc1c[nH]c2ccccc12. The molecule has 9 heteroatoms. The Bertz CT molecular complexity index is 1670. The van der Waals surface area contributed by atoms with Gasteiger partial charge in [0.1, 0.15) is 4.83 Å². The first-order chi connectivity index (χ1) is 17.7. The summed E-state index contributed by atoms with van der Waals surface area (Å²) in [5, 5.41) is 6.40. The standard InChI is InChI=1S/C27H23N5O2S2/c33-23(31-29-15-17-14-28-21-12-6-4-10-19(17)21)16-35-27-30-25-24(20-11-5-7-13-22(20)36-25)26(34)32(27)18-8-2-1-3-9-18/h1-4,6,8-10,12,14-15,28H,5,7,11,13,16H2,(H,31,33). The Morgan fingerprint density at radius 1 is 1.14 bits per heavy atom. The molecule has 0 spiro atoms. The summed E-state index contributed by atoms with van der Waals surface area (Å²) in [6.45, 7) is 0. The summed E-state index contributed by atoms with van der Waals surface area (Å²) in [5.74, 6) is -0.184. The fourth-order valence-electron chi connectivity index (χ4n) is 4.62. The van der Waals surface area contributed by atoms with E-state index >= 15 is 0 Å². The van der Waals surface area contributed by atoms with Crippen LogP contribution < -0.4 is 11.0 Å². The van der Waals surface area contributed by atoms with Gasteiger partial charge in [-0.15, -0.1) is 11.3 Å². The summed E-state index contributed by atoms with van der Waals surface area (Å²) in [6, 6.07) is 17.4. The van der Waals surface area contributed by atoms with Crippen LogP contribution in [0.25, 0.3) is 26.8 Å². The number of hydrogen-bond donors (Lipinski definition) is 2. The molecule has 0 atom stereocenters. The van der Waals surface area contributed by atoms with Gasteiger partial charge in [-0.1, -0.05) is 48.2 Å². The second-order valence-corrected chi connectivity index (χ2v) is 10.7. The predicted molar refractivity (Wildman–Crippen MR) is 147 cm³/mol. The second-order valence-electron chi connectivity index (χ2n) is 8.63. The van der Waals surface area contributed by atoms with Crippen molar-refractivity contribution in [3.8, 4) is 5.69 Å². The van der Waals surface area contributed by atoms with Gasteiger partial charge in [0.05, 0.1) is 23.0 Å². The molecule has 36 heavy (non-hydrogen) atoms. The van der Waals surface area contributed by atoms with E-state index < -0.39 is 0 Å². The molecule has 1 aliphatic rings. The number of carbonyl (C=O) groups is 1. The number of rotatable bonds is 6. The molecule has 0 bridgehead atoms. The fraction of sp³-hybridized carbons (Fsp3) is 0.185. The fourth-order valence-corrected chi connectivity index (χ4v) is 6.73. The van der Waals surface area contributed by atoms with Gasteiger partial charge in [-0.25, -0.2) is 10.4 Å². The van der Waals surface area contributed by atoms with Crippen molar-refractivity contribution in [1.29, 1.82) is 0 Å². The topological polar surface area (TPSA) is 92.1 Å². The number of amides is 1. The molecule has 0 unspecified atom stereocenters. The summed E-state index contributed by atoms with van der Waals surface area (Å²) in [4.78, 5) is 36.4. The van der Waals surface area contributed by atoms with Gasteiger partial charge in [0.25, 0.3) is 11.5 Å². The molecule has 3 aromatic heterocycles. The van der Waals surface area contributed by atoms with Gasteiger partial charge in [-0.05, 0) is 49.4 Å². The smallest absolute Gasteiger partial charge is 0.267 e. The van der Waals surface area contributed by atoms with Crippen molar-refractivity contribution in [3.05, 3.63) is 87.2 Å². The predicted octanol–water partition coefficient (Wildman–Crippen LogP) is 5.05. The molecule has 5 aromatic rings. The normalized spacial score (nSPS) is 13.4. The molecule has 2 aromatic carbocycles. The maximum atomic E-state index is 13.7. The number of hydrogen-bond acceptors (Lipinski definition) is 6. The molecule has 1 amide bonds. The third-order valence-electron chi connectivity index (χ3n) is 6.32. The molecular weight excluding hydrogens is 490 g/mol. The number of fused-ring (bicyclic) bond motifs is 4. The molecule has 0 fully saturated rings. The van der Waals surface area contributed by atoms with E-state index in [9.17, 15) is 9.59 Å². The van der Waals surface area contributed by atoms with E-state index in [1.807, 2.05) is 60.8 Å². The van der Waals surface area contributed by atoms with E-state index in [2.05, 4.69) is 15.5 Å². The lowest BCUT2D eigenvalue weighted by molar-refractivity contribution is -0.118. The van der Waals surface area contributed by atoms with Crippen LogP contribution in [0.5, 0.6) is 0 Å². The quantitative estimate of drug-likeness (QED) is 0.144. The van der Waals surface area contributed by atoms with Crippen LogP contribution in [0.15, 0.2) is 75.8 Å². The number of aromatic amines is 1. The molecule has 0 saturated heterocycles. The van der Waals surface area contributed by atoms with Gasteiger partial charge in [-0.3, -0.25) is 14.2 Å². The summed E-state index contributed by atoms with van der Waals surface area (Å²) in [6.07, 6.45) is 7.65. The zero-order valence-corrected chi connectivity index (χ0v) is 21.0. The number of nitrogens with zero attached hydrogens (tertiary/aromatic N) is 3. The highest BCUT2D eigenvalue weighted by Gasteiger charge is 2.23. The van der Waals surface area contributed by atoms with Crippen molar-refractivity contribution in [2.24, 2.45) is 5.10 Å². The van der Waals surface area contributed by atoms with Crippen LogP contribution in [0.2, 0.25) is 0 Å². The Morgan fingerprint density at radius 2 is 1.94 bits per heavy atom. The Kier molecular flexibility index (Phi) is 6.16. The maximum Gasteiger partial charge on any atom is 0.267 e.